The first-order chi connectivity index (χ1) is 12.7. The third-order valence-electron chi connectivity index (χ3n) is 5.05. The molecule has 1 aromatic rings. The molecule has 2 atom stereocenters. The highest BCUT2D eigenvalue weighted by atomic mass is 16.5. The van der Waals surface area contributed by atoms with Crippen molar-refractivity contribution in [3.63, 3.8) is 0 Å². The van der Waals surface area contributed by atoms with Crippen molar-refractivity contribution in [3.8, 4) is 0 Å². The summed E-state index contributed by atoms with van der Waals surface area (Å²) in [6.07, 6.45) is 3.35. The number of carbonyl (C=O) groups excluding carboxylic acids is 1. The Hall–Kier alpha value is -2.04. The molecular weight excluding hydrogens is 326 g/mol. The van der Waals surface area contributed by atoms with Crippen LogP contribution < -0.4 is 5.32 Å². The molecule has 0 spiro atoms. The van der Waals surface area contributed by atoms with E-state index in [1.165, 1.54) is 12.7 Å². The first kappa shape index (κ1) is 20.3. The van der Waals surface area contributed by atoms with Crippen LogP contribution in [0.3, 0.4) is 0 Å². The Morgan fingerprint density at radius 2 is 2.08 bits per heavy atom. The van der Waals surface area contributed by atoms with Crippen molar-refractivity contribution in [2.24, 2.45) is 10.9 Å². The van der Waals surface area contributed by atoms with E-state index >= 15 is 0 Å². The minimum absolute atomic E-state index is 0.141. The van der Waals surface area contributed by atoms with E-state index < -0.39 is 0 Å². The Kier molecular flexibility index (Phi) is 8.45. The minimum Gasteiger partial charge on any atom is -0.469 e. The maximum atomic E-state index is 11.2. The largest absolute Gasteiger partial charge is 0.469 e. The average Bonchev–Trinajstić information content (AvgIpc) is 2.67. The molecule has 5 heteroatoms. The number of aliphatic imine (C=N–C) groups is 1. The van der Waals surface area contributed by atoms with E-state index in [-0.39, 0.29) is 5.97 Å². The topological polar surface area (TPSA) is 53.9 Å². The van der Waals surface area contributed by atoms with Crippen molar-refractivity contribution in [1.82, 2.24) is 10.2 Å². The first-order valence-electron chi connectivity index (χ1n) is 9.80. The van der Waals surface area contributed by atoms with Crippen LogP contribution in [0, 0.1) is 5.92 Å². The summed E-state index contributed by atoms with van der Waals surface area (Å²) in [5.74, 6) is 2.08. The van der Waals surface area contributed by atoms with E-state index in [4.69, 9.17) is 4.99 Å². The van der Waals surface area contributed by atoms with Gasteiger partial charge in [0.25, 0.3) is 0 Å². The number of rotatable bonds is 7. The van der Waals surface area contributed by atoms with Crippen LogP contribution >= 0.6 is 0 Å². The summed E-state index contributed by atoms with van der Waals surface area (Å²) < 4.78 is 4.67. The van der Waals surface area contributed by atoms with Crippen LogP contribution in [0.25, 0.3) is 0 Å². The summed E-state index contributed by atoms with van der Waals surface area (Å²) in [5, 5.41) is 3.42. The summed E-state index contributed by atoms with van der Waals surface area (Å²) in [6, 6.07) is 10.8. The number of benzene rings is 1. The van der Waals surface area contributed by atoms with Crippen LogP contribution in [0.5, 0.6) is 0 Å². The number of piperidine rings is 1. The highest BCUT2D eigenvalue weighted by Crippen LogP contribution is 2.32. The number of nitrogens with one attached hydrogen (secondary N) is 1. The molecule has 2 rings (SSSR count). The molecule has 1 aromatic carbocycles. The lowest BCUT2D eigenvalue weighted by molar-refractivity contribution is -0.140. The van der Waals surface area contributed by atoms with Crippen molar-refractivity contribution >= 4 is 11.9 Å². The zero-order valence-corrected chi connectivity index (χ0v) is 16.4. The van der Waals surface area contributed by atoms with Crippen molar-refractivity contribution in [3.05, 3.63) is 35.9 Å². The summed E-state index contributed by atoms with van der Waals surface area (Å²) >= 11 is 0. The van der Waals surface area contributed by atoms with E-state index in [9.17, 15) is 4.79 Å². The van der Waals surface area contributed by atoms with Crippen LogP contribution in [0.1, 0.15) is 51.0 Å². The Balaban J connectivity index is 1.88. The fourth-order valence-corrected chi connectivity index (χ4v) is 3.63. The second-order valence-corrected chi connectivity index (χ2v) is 7.00. The van der Waals surface area contributed by atoms with Gasteiger partial charge in [-0.3, -0.25) is 9.79 Å². The smallest absolute Gasteiger partial charge is 0.305 e. The lowest BCUT2D eigenvalue weighted by Gasteiger charge is -2.39. The molecule has 144 valence electrons. The molecule has 2 unspecified atom stereocenters. The van der Waals surface area contributed by atoms with Crippen LogP contribution in [-0.2, 0) is 9.53 Å². The fraction of sp³-hybridized carbons (Fsp3) is 0.619. The lowest BCUT2D eigenvalue weighted by atomic mass is 9.82. The Labute approximate surface area is 157 Å². The summed E-state index contributed by atoms with van der Waals surface area (Å²) in [5.41, 5.74) is 1.45. The quantitative estimate of drug-likeness (QED) is 0.351. The van der Waals surface area contributed by atoms with Gasteiger partial charge >= 0.3 is 5.97 Å². The first-order valence-corrected chi connectivity index (χ1v) is 9.80. The number of hydrogen-bond donors (Lipinski definition) is 1. The van der Waals surface area contributed by atoms with Gasteiger partial charge < -0.3 is 15.0 Å². The Bertz CT molecular complexity index is 574. The van der Waals surface area contributed by atoms with Crippen molar-refractivity contribution in [1.29, 1.82) is 0 Å². The third kappa shape index (κ3) is 6.04. The minimum atomic E-state index is -0.141. The zero-order valence-electron chi connectivity index (χ0n) is 16.4. The summed E-state index contributed by atoms with van der Waals surface area (Å²) in [4.78, 5) is 18.3. The summed E-state index contributed by atoms with van der Waals surface area (Å²) in [7, 11) is 1.43. The molecule has 1 saturated heterocycles. The van der Waals surface area contributed by atoms with Gasteiger partial charge in [0.2, 0.25) is 0 Å². The normalized spacial score (nSPS) is 20.7. The molecule has 0 amide bonds. The molecule has 1 heterocycles. The standard InChI is InChI=1S/C21H33N3O2/c1-4-22-21(23-14-9-8-12-20(25)26-3)24-15-13-19(17(2)16-24)18-10-6-5-7-11-18/h5-7,10-11,17,19H,4,8-9,12-16H2,1-3H3,(H,22,23). The molecule has 0 saturated carbocycles. The van der Waals surface area contributed by atoms with Gasteiger partial charge in [-0.05, 0) is 43.6 Å². The predicted octanol–water partition coefficient (Wildman–Crippen LogP) is 3.42. The molecule has 1 aliphatic heterocycles. The molecule has 0 radical (unpaired) electrons. The number of guanidine groups is 1. The van der Waals surface area contributed by atoms with Gasteiger partial charge in [0, 0.05) is 32.6 Å². The van der Waals surface area contributed by atoms with Crippen LogP contribution in [0.15, 0.2) is 35.3 Å². The number of ether oxygens (including phenoxy) is 1. The van der Waals surface area contributed by atoms with E-state index in [1.54, 1.807) is 0 Å². The maximum absolute atomic E-state index is 11.2. The van der Waals surface area contributed by atoms with E-state index in [0.717, 1.165) is 51.4 Å². The second kappa shape index (κ2) is 10.8. The van der Waals surface area contributed by atoms with Crippen LogP contribution in [0.4, 0.5) is 0 Å². The lowest BCUT2D eigenvalue weighted by Crippen LogP contribution is -2.48. The van der Waals surface area contributed by atoms with Gasteiger partial charge in [0.15, 0.2) is 5.96 Å². The number of likely N-dealkylation sites (tertiary alicyclic amines) is 1. The van der Waals surface area contributed by atoms with Crippen molar-refractivity contribution in [2.75, 3.05) is 33.3 Å². The average molecular weight is 360 g/mol. The number of hydrogen-bond acceptors (Lipinski definition) is 3. The molecule has 26 heavy (non-hydrogen) atoms. The number of esters is 1. The van der Waals surface area contributed by atoms with Gasteiger partial charge in [-0.25, -0.2) is 0 Å². The Morgan fingerprint density at radius 3 is 2.73 bits per heavy atom. The molecule has 1 N–H and O–H groups in total. The number of unbranched alkanes of at least 4 members (excludes halogenated alkanes) is 1. The van der Waals surface area contributed by atoms with Crippen molar-refractivity contribution < 1.29 is 9.53 Å². The molecule has 0 aromatic heterocycles. The van der Waals surface area contributed by atoms with Crippen molar-refractivity contribution in [2.45, 2.75) is 45.4 Å². The zero-order chi connectivity index (χ0) is 18.8. The number of carbonyl (C=O) groups is 1. The predicted molar refractivity (Wildman–Crippen MR) is 106 cm³/mol. The number of nitrogens with zero attached hydrogens (tertiary/aromatic N) is 2. The van der Waals surface area contributed by atoms with Crippen LogP contribution in [-0.4, -0.2) is 50.1 Å². The van der Waals surface area contributed by atoms with E-state index in [0.29, 0.717) is 18.3 Å². The third-order valence-corrected chi connectivity index (χ3v) is 5.05. The van der Waals surface area contributed by atoms with Gasteiger partial charge in [-0.2, -0.15) is 0 Å². The summed E-state index contributed by atoms with van der Waals surface area (Å²) in [6.45, 7) is 8.10. The van der Waals surface area contributed by atoms with Gasteiger partial charge in [-0.1, -0.05) is 37.3 Å². The Morgan fingerprint density at radius 1 is 1.31 bits per heavy atom. The van der Waals surface area contributed by atoms with Gasteiger partial charge in [-0.15, -0.1) is 0 Å². The molecule has 1 fully saturated rings. The monoisotopic (exact) mass is 359 g/mol. The SMILES string of the molecule is CCNC(=NCCCCC(=O)OC)N1CCC(c2ccccc2)C(C)C1. The van der Waals surface area contributed by atoms with Gasteiger partial charge in [0.05, 0.1) is 7.11 Å². The van der Waals surface area contributed by atoms with E-state index in [1.807, 2.05) is 0 Å². The molecule has 5 nitrogen and oxygen atoms in total. The van der Waals surface area contributed by atoms with E-state index in [2.05, 4.69) is 59.1 Å². The van der Waals surface area contributed by atoms with Crippen LogP contribution in [0.2, 0.25) is 0 Å². The molecule has 0 bridgehead atoms. The maximum Gasteiger partial charge on any atom is 0.305 e. The molecule has 1 aliphatic rings. The van der Waals surface area contributed by atoms with Gasteiger partial charge in [0.1, 0.15) is 0 Å². The highest BCUT2D eigenvalue weighted by Gasteiger charge is 2.28. The number of methoxy groups -OCH3 is 1. The fourth-order valence-electron chi connectivity index (χ4n) is 3.63. The highest BCUT2D eigenvalue weighted by molar-refractivity contribution is 5.80. The molecular formula is C21H33N3O2. The molecule has 0 aliphatic carbocycles. The second-order valence-electron chi connectivity index (χ2n) is 7.00.